The zero-order valence-corrected chi connectivity index (χ0v) is 15.4. The van der Waals surface area contributed by atoms with Gasteiger partial charge in [-0.15, -0.1) is 0 Å². The van der Waals surface area contributed by atoms with Crippen molar-refractivity contribution >= 4 is 22.7 Å². The van der Waals surface area contributed by atoms with E-state index in [-0.39, 0.29) is 5.63 Å². The summed E-state index contributed by atoms with van der Waals surface area (Å²) in [7, 11) is 0. The predicted molar refractivity (Wildman–Crippen MR) is 101 cm³/mol. The molecule has 1 aromatic carbocycles. The molecule has 2 aromatic rings. The highest BCUT2D eigenvalue weighted by Gasteiger charge is 2.19. The molecule has 0 aliphatic carbocycles. The summed E-state index contributed by atoms with van der Waals surface area (Å²) in [5, 5.41) is 3.54. The molecule has 0 saturated carbocycles. The Balaban J connectivity index is 1.84. The minimum atomic E-state index is -0.524. The molecule has 1 N–H and O–H groups in total. The Kier molecular flexibility index (Phi) is 5.93. The van der Waals surface area contributed by atoms with Crippen molar-refractivity contribution in [2.24, 2.45) is 5.92 Å². The molecule has 1 fully saturated rings. The number of carbonyl (C=O) groups is 1. The van der Waals surface area contributed by atoms with Crippen LogP contribution in [-0.4, -0.2) is 30.7 Å². The summed E-state index contributed by atoms with van der Waals surface area (Å²) in [6.45, 7) is 7.14. The Bertz CT molecular complexity index is 830. The van der Waals surface area contributed by atoms with Crippen LogP contribution in [-0.2, 0) is 11.3 Å². The van der Waals surface area contributed by atoms with Crippen molar-refractivity contribution in [3.8, 4) is 0 Å². The van der Waals surface area contributed by atoms with Gasteiger partial charge >= 0.3 is 11.7 Å². The second-order valence-electron chi connectivity index (χ2n) is 6.80. The van der Waals surface area contributed by atoms with Crippen molar-refractivity contribution in [3.05, 3.63) is 40.2 Å². The zero-order chi connectivity index (χ0) is 18.5. The number of fused-ring (bicyclic) bond motifs is 1. The third kappa shape index (κ3) is 4.43. The standard InChI is InChI=1S/C20H26N2O4/c1-3-14-6-5-9-22(12-14)13-15-10-19(23)26-18-11-16(7-8-17(15)18)21-20(24)25-4-2/h7-8,10-11,14H,3-6,9,12-13H2,1-2H3,(H,21,24). The van der Waals surface area contributed by atoms with Crippen molar-refractivity contribution in [1.29, 1.82) is 0 Å². The maximum absolute atomic E-state index is 12.0. The summed E-state index contributed by atoms with van der Waals surface area (Å²) in [6.07, 6.45) is 3.15. The Morgan fingerprint density at radius 2 is 2.19 bits per heavy atom. The molecule has 0 radical (unpaired) electrons. The van der Waals surface area contributed by atoms with Gasteiger partial charge in [-0.3, -0.25) is 10.2 Å². The first-order valence-corrected chi connectivity index (χ1v) is 9.32. The van der Waals surface area contributed by atoms with Gasteiger partial charge in [-0.05, 0) is 49.9 Å². The van der Waals surface area contributed by atoms with Crippen LogP contribution in [0, 0.1) is 5.92 Å². The van der Waals surface area contributed by atoms with Gasteiger partial charge in [-0.2, -0.15) is 0 Å². The van der Waals surface area contributed by atoms with Crippen molar-refractivity contribution < 1.29 is 13.9 Å². The lowest BCUT2D eigenvalue weighted by Gasteiger charge is -2.32. The minimum absolute atomic E-state index is 0.299. The van der Waals surface area contributed by atoms with E-state index in [9.17, 15) is 9.59 Å². The number of likely N-dealkylation sites (tertiary alicyclic amines) is 1. The second-order valence-corrected chi connectivity index (χ2v) is 6.80. The van der Waals surface area contributed by atoms with E-state index in [2.05, 4.69) is 17.1 Å². The second kappa shape index (κ2) is 8.36. The lowest BCUT2D eigenvalue weighted by Crippen LogP contribution is -2.34. The number of amides is 1. The van der Waals surface area contributed by atoms with E-state index >= 15 is 0 Å². The van der Waals surface area contributed by atoms with E-state index in [4.69, 9.17) is 9.15 Å². The Labute approximate surface area is 153 Å². The van der Waals surface area contributed by atoms with E-state index in [1.165, 1.54) is 19.3 Å². The van der Waals surface area contributed by atoms with Crippen molar-refractivity contribution in [2.45, 2.75) is 39.7 Å². The average Bonchev–Trinajstić information content (AvgIpc) is 2.61. The summed E-state index contributed by atoms with van der Waals surface area (Å²) in [5.41, 5.74) is 1.62. The van der Waals surface area contributed by atoms with E-state index in [0.717, 1.165) is 36.5 Å². The third-order valence-corrected chi connectivity index (χ3v) is 4.93. The molecule has 0 spiro atoms. The summed E-state index contributed by atoms with van der Waals surface area (Å²) in [4.78, 5) is 26.0. The molecule has 1 saturated heterocycles. The average molecular weight is 358 g/mol. The molecule has 6 heteroatoms. The highest BCUT2D eigenvalue weighted by atomic mass is 16.5. The molecule has 2 heterocycles. The van der Waals surface area contributed by atoms with E-state index in [0.29, 0.717) is 17.9 Å². The molecule has 140 valence electrons. The number of hydrogen-bond donors (Lipinski definition) is 1. The fourth-order valence-electron chi connectivity index (χ4n) is 3.59. The van der Waals surface area contributed by atoms with Crippen LogP contribution in [0.4, 0.5) is 10.5 Å². The Hall–Kier alpha value is -2.34. The van der Waals surface area contributed by atoms with Gasteiger partial charge in [-0.1, -0.05) is 13.3 Å². The lowest BCUT2D eigenvalue weighted by molar-refractivity contribution is 0.165. The molecule has 3 rings (SSSR count). The first-order valence-electron chi connectivity index (χ1n) is 9.32. The van der Waals surface area contributed by atoms with Crippen molar-refractivity contribution in [2.75, 3.05) is 25.0 Å². The molecule has 1 aliphatic rings. The van der Waals surface area contributed by atoms with E-state index in [1.807, 2.05) is 6.07 Å². The largest absolute Gasteiger partial charge is 0.450 e. The number of nitrogens with zero attached hydrogens (tertiary/aromatic N) is 1. The van der Waals surface area contributed by atoms with Gasteiger partial charge in [0.25, 0.3) is 0 Å². The van der Waals surface area contributed by atoms with Crippen molar-refractivity contribution in [3.63, 3.8) is 0 Å². The first-order chi connectivity index (χ1) is 12.6. The molecule has 1 atom stereocenters. The van der Waals surface area contributed by atoms with Crippen LogP contribution in [0.5, 0.6) is 0 Å². The van der Waals surface area contributed by atoms with Gasteiger partial charge in [0, 0.05) is 36.3 Å². The van der Waals surface area contributed by atoms with Gasteiger partial charge in [-0.25, -0.2) is 9.59 Å². The molecule has 1 aromatic heterocycles. The third-order valence-electron chi connectivity index (χ3n) is 4.93. The minimum Gasteiger partial charge on any atom is -0.450 e. The quantitative estimate of drug-likeness (QED) is 0.819. The van der Waals surface area contributed by atoms with Gasteiger partial charge in [0.15, 0.2) is 0 Å². The monoisotopic (exact) mass is 358 g/mol. The van der Waals surface area contributed by atoms with Crippen LogP contribution >= 0.6 is 0 Å². The predicted octanol–water partition coefficient (Wildman–Crippen LogP) is 3.98. The highest BCUT2D eigenvalue weighted by Crippen LogP contribution is 2.25. The van der Waals surface area contributed by atoms with E-state index < -0.39 is 6.09 Å². The van der Waals surface area contributed by atoms with Gasteiger partial charge in [0.05, 0.1) is 6.61 Å². The fourth-order valence-corrected chi connectivity index (χ4v) is 3.59. The van der Waals surface area contributed by atoms with Gasteiger partial charge < -0.3 is 9.15 Å². The van der Waals surface area contributed by atoms with Crippen LogP contribution in [0.3, 0.4) is 0 Å². The molecule has 6 nitrogen and oxygen atoms in total. The van der Waals surface area contributed by atoms with E-state index in [1.54, 1.807) is 25.1 Å². The summed E-state index contributed by atoms with van der Waals surface area (Å²) < 4.78 is 10.2. The normalized spacial score (nSPS) is 18.0. The summed E-state index contributed by atoms with van der Waals surface area (Å²) in [5.74, 6) is 0.732. The summed E-state index contributed by atoms with van der Waals surface area (Å²) in [6, 6.07) is 6.93. The van der Waals surface area contributed by atoms with Crippen LogP contribution in [0.1, 0.15) is 38.7 Å². The maximum Gasteiger partial charge on any atom is 0.411 e. The Morgan fingerprint density at radius 1 is 1.35 bits per heavy atom. The molecule has 1 amide bonds. The van der Waals surface area contributed by atoms with Crippen LogP contribution in [0.15, 0.2) is 33.5 Å². The number of rotatable bonds is 5. The zero-order valence-electron chi connectivity index (χ0n) is 15.4. The van der Waals surface area contributed by atoms with Gasteiger partial charge in [0.1, 0.15) is 5.58 Å². The highest BCUT2D eigenvalue weighted by molar-refractivity contribution is 5.89. The SMILES string of the molecule is CCOC(=O)Nc1ccc2c(CN3CCCC(CC)C3)cc(=O)oc2c1. The summed E-state index contributed by atoms with van der Waals surface area (Å²) >= 11 is 0. The molecule has 0 bridgehead atoms. The first kappa shape index (κ1) is 18.5. The molecular formula is C20H26N2O4. The van der Waals surface area contributed by atoms with Crippen LogP contribution < -0.4 is 10.9 Å². The molecule has 1 aliphatic heterocycles. The number of carbonyl (C=O) groups excluding carboxylic acids is 1. The van der Waals surface area contributed by atoms with Crippen molar-refractivity contribution in [1.82, 2.24) is 4.90 Å². The number of ether oxygens (including phenoxy) is 1. The number of benzene rings is 1. The smallest absolute Gasteiger partial charge is 0.411 e. The van der Waals surface area contributed by atoms with Crippen LogP contribution in [0.25, 0.3) is 11.0 Å². The lowest BCUT2D eigenvalue weighted by atomic mass is 9.95. The number of anilines is 1. The van der Waals surface area contributed by atoms with Gasteiger partial charge in [0.2, 0.25) is 0 Å². The fraction of sp³-hybridized carbons (Fsp3) is 0.500. The number of hydrogen-bond acceptors (Lipinski definition) is 5. The molecule has 1 unspecified atom stereocenters. The molecular weight excluding hydrogens is 332 g/mol. The number of nitrogens with one attached hydrogen (secondary N) is 1. The number of piperidine rings is 1. The molecule has 26 heavy (non-hydrogen) atoms. The Morgan fingerprint density at radius 3 is 2.96 bits per heavy atom. The maximum atomic E-state index is 12.0. The van der Waals surface area contributed by atoms with Crippen LogP contribution in [0.2, 0.25) is 0 Å². The topological polar surface area (TPSA) is 71.8 Å².